The van der Waals surface area contributed by atoms with Crippen molar-refractivity contribution < 1.29 is 19.2 Å². The lowest BCUT2D eigenvalue weighted by molar-refractivity contribution is -0.384. The molecular weight excluding hydrogens is 346 g/mol. The monoisotopic (exact) mass is 363 g/mol. The van der Waals surface area contributed by atoms with Crippen molar-refractivity contribution in [2.45, 2.75) is 6.92 Å². The number of hydrogen-bond donors (Lipinski definition) is 0. The zero-order valence-corrected chi connectivity index (χ0v) is 14.5. The number of nitro groups is 1. The third kappa shape index (κ3) is 3.55. The number of hydrogen-bond acceptors (Lipinski definition) is 6. The zero-order chi connectivity index (χ0) is 18.0. The summed E-state index contributed by atoms with van der Waals surface area (Å²) in [4.78, 5) is 38.6. The van der Waals surface area contributed by atoms with Gasteiger partial charge in [0.25, 0.3) is 11.6 Å². The number of ether oxygens (including phenoxy) is 1. The van der Waals surface area contributed by atoms with Gasteiger partial charge in [0.05, 0.1) is 16.4 Å². The molecule has 0 saturated carbocycles. The van der Waals surface area contributed by atoms with Crippen LogP contribution in [0.4, 0.5) is 10.5 Å². The number of carbonyl (C=O) groups excluding carboxylic acids is 2. The standard InChI is InChI=1S/C16H17N3O5S/c1-2-24-16(21)18-7-5-17(6-8-18)15(20)14-10-11-9-12(19(22)23)3-4-13(11)25-14/h3-4,9-10H,2,5-8H2,1H3. The molecule has 1 aromatic heterocycles. The van der Waals surface area contributed by atoms with Crippen LogP contribution in [0.5, 0.6) is 0 Å². The largest absolute Gasteiger partial charge is 0.450 e. The summed E-state index contributed by atoms with van der Waals surface area (Å²) in [7, 11) is 0. The lowest BCUT2D eigenvalue weighted by Crippen LogP contribution is -2.50. The lowest BCUT2D eigenvalue weighted by Gasteiger charge is -2.33. The highest BCUT2D eigenvalue weighted by molar-refractivity contribution is 7.20. The maximum atomic E-state index is 12.7. The number of rotatable bonds is 3. The van der Waals surface area contributed by atoms with Gasteiger partial charge in [-0.15, -0.1) is 11.3 Å². The number of nitro benzene ring substituents is 1. The minimum atomic E-state index is -0.451. The van der Waals surface area contributed by atoms with Gasteiger partial charge in [0.1, 0.15) is 0 Å². The molecule has 0 aliphatic carbocycles. The summed E-state index contributed by atoms with van der Waals surface area (Å²) in [5.41, 5.74) is 0.00681. The third-order valence-corrected chi connectivity index (χ3v) is 5.12. The van der Waals surface area contributed by atoms with Crippen LogP contribution < -0.4 is 0 Å². The first-order valence-electron chi connectivity index (χ1n) is 7.88. The molecule has 3 rings (SSSR count). The summed E-state index contributed by atoms with van der Waals surface area (Å²) in [5, 5.41) is 11.5. The van der Waals surface area contributed by atoms with Gasteiger partial charge in [0, 0.05) is 48.4 Å². The van der Waals surface area contributed by atoms with E-state index >= 15 is 0 Å². The Morgan fingerprint density at radius 2 is 1.88 bits per heavy atom. The van der Waals surface area contributed by atoms with Crippen LogP contribution in [0.1, 0.15) is 16.6 Å². The van der Waals surface area contributed by atoms with Crippen LogP contribution in [0.2, 0.25) is 0 Å². The smallest absolute Gasteiger partial charge is 0.409 e. The van der Waals surface area contributed by atoms with Gasteiger partial charge in [-0.25, -0.2) is 4.79 Å². The minimum absolute atomic E-state index is 0.00681. The molecule has 132 valence electrons. The van der Waals surface area contributed by atoms with Crippen molar-refractivity contribution in [2.24, 2.45) is 0 Å². The maximum absolute atomic E-state index is 12.7. The third-order valence-electron chi connectivity index (χ3n) is 4.01. The molecule has 2 amide bonds. The van der Waals surface area contributed by atoms with Crippen molar-refractivity contribution in [3.63, 3.8) is 0 Å². The van der Waals surface area contributed by atoms with Gasteiger partial charge < -0.3 is 14.5 Å². The van der Waals surface area contributed by atoms with E-state index in [2.05, 4.69) is 0 Å². The van der Waals surface area contributed by atoms with Crippen LogP contribution in [0, 0.1) is 10.1 Å². The van der Waals surface area contributed by atoms with Gasteiger partial charge in [0.2, 0.25) is 0 Å². The molecule has 2 heterocycles. The van der Waals surface area contributed by atoms with E-state index in [1.54, 1.807) is 28.9 Å². The van der Waals surface area contributed by atoms with E-state index in [0.29, 0.717) is 43.0 Å². The van der Waals surface area contributed by atoms with Crippen LogP contribution in [0.25, 0.3) is 10.1 Å². The summed E-state index contributed by atoms with van der Waals surface area (Å²) in [5.74, 6) is -0.118. The number of benzene rings is 1. The first kappa shape index (κ1) is 17.2. The second-order valence-corrected chi connectivity index (χ2v) is 6.65. The van der Waals surface area contributed by atoms with Gasteiger partial charge in [-0.05, 0) is 19.1 Å². The van der Waals surface area contributed by atoms with E-state index in [4.69, 9.17) is 4.74 Å². The van der Waals surface area contributed by atoms with E-state index < -0.39 is 4.92 Å². The molecule has 0 radical (unpaired) electrons. The molecule has 0 atom stereocenters. The SMILES string of the molecule is CCOC(=O)N1CCN(C(=O)c2cc3cc([N+](=O)[O-])ccc3s2)CC1. The number of non-ortho nitro benzene ring substituents is 1. The molecule has 1 aromatic carbocycles. The summed E-state index contributed by atoms with van der Waals surface area (Å²) in [6.45, 7) is 3.81. The van der Waals surface area contributed by atoms with Gasteiger partial charge in [-0.2, -0.15) is 0 Å². The summed E-state index contributed by atoms with van der Waals surface area (Å²) < 4.78 is 5.80. The van der Waals surface area contributed by atoms with Crippen molar-refractivity contribution in [3.8, 4) is 0 Å². The Morgan fingerprint density at radius 1 is 1.20 bits per heavy atom. The Labute approximate surface area is 147 Å². The second-order valence-electron chi connectivity index (χ2n) is 5.57. The number of thiophene rings is 1. The van der Waals surface area contributed by atoms with Gasteiger partial charge in [0.15, 0.2) is 0 Å². The molecule has 1 fully saturated rings. The van der Waals surface area contributed by atoms with E-state index in [9.17, 15) is 19.7 Å². The van der Waals surface area contributed by atoms with E-state index in [1.807, 2.05) is 0 Å². The molecule has 1 aliphatic heterocycles. The Balaban J connectivity index is 1.70. The van der Waals surface area contributed by atoms with Gasteiger partial charge in [-0.3, -0.25) is 14.9 Å². The predicted molar refractivity (Wildman–Crippen MR) is 93.0 cm³/mol. The lowest BCUT2D eigenvalue weighted by atomic mass is 10.2. The molecule has 25 heavy (non-hydrogen) atoms. The number of carbonyl (C=O) groups is 2. The number of nitrogens with zero attached hydrogens (tertiary/aromatic N) is 3. The quantitative estimate of drug-likeness (QED) is 0.617. The Morgan fingerprint density at radius 3 is 2.52 bits per heavy atom. The fourth-order valence-electron chi connectivity index (χ4n) is 2.71. The molecule has 0 N–H and O–H groups in total. The van der Waals surface area contributed by atoms with Crippen LogP contribution in [-0.4, -0.2) is 59.5 Å². The molecule has 1 aliphatic rings. The van der Waals surface area contributed by atoms with E-state index in [0.717, 1.165) is 4.70 Å². The molecule has 2 aromatic rings. The van der Waals surface area contributed by atoms with Crippen molar-refractivity contribution in [1.82, 2.24) is 9.80 Å². The van der Waals surface area contributed by atoms with Crippen molar-refractivity contribution in [3.05, 3.63) is 39.3 Å². The zero-order valence-electron chi connectivity index (χ0n) is 13.6. The average molecular weight is 363 g/mol. The van der Waals surface area contributed by atoms with Crippen molar-refractivity contribution >= 4 is 39.1 Å². The summed E-state index contributed by atoms with van der Waals surface area (Å²) in [6, 6.07) is 6.26. The number of amides is 2. The van der Waals surface area contributed by atoms with Gasteiger partial charge >= 0.3 is 6.09 Å². The van der Waals surface area contributed by atoms with E-state index in [-0.39, 0.29) is 17.7 Å². The highest BCUT2D eigenvalue weighted by Crippen LogP contribution is 2.29. The topological polar surface area (TPSA) is 93.0 Å². The summed E-state index contributed by atoms with van der Waals surface area (Å²) in [6.07, 6.45) is -0.358. The van der Waals surface area contributed by atoms with Crippen molar-refractivity contribution in [2.75, 3.05) is 32.8 Å². The fraction of sp³-hybridized carbons (Fsp3) is 0.375. The molecule has 0 bridgehead atoms. The normalized spacial score (nSPS) is 14.6. The van der Waals surface area contributed by atoms with E-state index in [1.165, 1.54) is 23.5 Å². The molecule has 9 heteroatoms. The fourth-order valence-corrected chi connectivity index (χ4v) is 3.72. The average Bonchev–Trinajstić information content (AvgIpc) is 3.04. The Hall–Kier alpha value is -2.68. The van der Waals surface area contributed by atoms with Crippen LogP contribution in [0.15, 0.2) is 24.3 Å². The minimum Gasteiger partial charge on any atom is -0.450 e. The molecule has 1 saturated heterocycles. The first-order valence-corrected chi connectivity index (χ1v) is 8.70. The first-order chi connectivity index (χ1) is 12.0. The predicted octanol–water partition coefficient (Wildman–Crippen LogP) is 2.72. The number of fused-ring (bicyclic) bond motifs is 1. The van der Waals surface area contributed by atoms with Crippen molar-refractivity contribution in [1.29, 1.82) is 0 Å². The second kappa shape index (κ2) is 7.06. The maximum Gasteiger partial charge on any atom is 0.409 e. The highest BCUT2D eigenvalue weighted by atomic mass is 32.1. The summed E-state index contributed by atoms with van der Waals surface area (Å²) >= 11 is 1.32. The van der Waals surface area contributed by atoms with Crippen LogP contribution in [0.3, 0.4) is 0 Å². The molecule has 0 unspecified atom stereocenters. The Kier molecular flexibility index (Phi) is 4.84. The molecular formula is C16H17N3O5S. The number of piperazine rings is 1. The van der Waals surface area contributed by atoms with Gasteiger partial charge in [-0.1, -0.05) is 0 Å². The molecule has 0 spiro atoms. The van der Waals surface area contributed by atoms with Crippen LogP contribution in [-0.2, 0) is 4.74 Å². The molecule has 8 nitrogen and oxygen atoms in total. The van der Waals surface area contributed by atoms with Crippen LogP contribution >= 0.6 is 11.3 Å². The Bertz CT molecular complexity index is 826. The highest BCUT2D eigenvalue weighted by Gasteiger charge is 2.26.